The number of rotatable bonds is 16. The van der Waals surface area contributed by atoms with E-state index in [2.05, 4.69) is 0 Å². The third kappa shape index (κ3) is 9.55. The first-order valence-corrected chi connectivity index (χ1v) is 15.3. The van der Waals surface area contributed by atoms with Crippen molar-refractivity contribution >= 4 is 0 Å². The molecule has 2 N–H and O–H groups in total. The van der Waals surface area contributed by atoms with Gasteiger partial charge in [-0.25, -0.2) is 0 Å². The van der Waals surface area contributed by atoms with Gasteiger partial charge in [0.15, 0.2) is 6.29 Å². The lowest BCUT2D eigenvalue weighted by Gasteiger charge is -2.46. The zero-order valence-electron chi connectivity index (χ0n) is 25.3. The van der Waals surface area contributed by atoms with Crippen LogP contribution in [-0.2, 0) is 54.8 Å². The molecule has 0 saturated carbocycles. The van der Waals surface area contributed by atoms with Gasteiger partial charge in [-0.3, -0.25) is 0 Å². The standard InChI is InChI=1S/C37H43NO6/c1-2-33(38)44-37-36(42-26-31-21-13-6-14-22-31)35(41-25-30-19-11-5-12-20-30)34(40-24-29-17-9-4-10-18-29)32(43-37)27-39-23-28-15-7-3-8-16-28/h3-22,32-37H,2,23-27,38H2,1H3/t32-,33?,34+,35+,36-,37?/m1/s1. The van der Waals surface area contributed by atoms with Crippen molar-refractivity contribution < 1.29 is 28.4 Å². The molecule has 44 heavy (non-hydrogen) atoms. The van der Waals surface area contributed by atoms with Crippen molar-refractivity contribution in [2.45, 2.75) is 76.7 Å². The van der Waals surface area contributed by atoms with Crippen LogP contribution >= 0.6 is 0 Å². The molecule has 0 radical (unpaired) electrons. The molecule has 4 aromatic carbocycles. The van der Waals surface area contributed by atoms with E-state index in [-0.39, 0.29) is 6.61 Å². The van der Waals surface area contributed by atoms with Crippen LogP contribution in [0.1, 0.15) is 35.6 Å². The monoisotopic (exact) mass is 597 g/mol. The third-order valence-corrected chi connectivity index (χ3v) is 7.55. The number of hydrogen-bond donors (Lipinski definition) is 1. The average Bonchev–Trinajstić information content (AvgIpc) is 3.08. The maximum Gasteiger partial charge on any atom is 0.188 e. The molecule has 0 aromatic heterocycles. The van der Waals surface area contributed by atoms with Gasteiger partial charge >= 0.3 is 0 Å². The predicted molar refractivity (Wildman–Crippen MR) is 169 cm³/mol. The summed E-state index contributed by atoms with van der Waals surface area (Å²) in [4.78, 5) is 0. The zero-order valence-corrected chi connectivity index (χ0v) is 25.3. The van der Waals surface area contributed by atoms with Gasteiger partial charge in [-0.05, 0) is 28.7 Å². The van der Waals surface area contributed by atoms with Crippen LogP contribution in [0.2, 0.25) is 0 Å². The second kappa shape index (κ2) is 17.2. The van der Waals surface area contributed by atoms with Gasteiger partial charge in [0.2, 0.25) is 0 Å². The Balaban J connectivity index is 1.43. The van der Waals surface area contributed by atoms with Crippen LogP contribution in [0.3, 0.4) is 0 Å². The Labute approximate surface area is 260 Å². The van der Waals surface area contributed by atoms with Crippen LogP contribution in [0.15, 0.2) is 121 Å². The number of hydrogen-bond acceptors (Lipinski definition) is 7. The minimum Gasteiger partial charge on any atom is -0.374 e. The Morgan fingerprint density at radius 2 is 0.977 bits per heavy atom. The van der Waals surface area contributed by atoms with Gasteiger partial charge in [-0.15, -0.1) is 0 Å². The summed E-state index contributed by atoms with van der Waals surface area (Å²) < 4.78 is 39.0. The molecule has 5 rings (SSSR count). The van der Waals surface area contributed by atoms with Crippen molar-refractivity contribution in [1.82, 2.24) is 0 Å². The summed E-state index contributed by atoms with van der Waals surface area (Å²) in [5, 5.41) is 0. The van der Waals surface area contributed by atoms with Gasteiger partial charge in [0.1, 0.15) is 30.6 Å². The largest absolute Gasteiger partial charge is 0.374 e. The minimum atomic E-state index is -0.795. The van der Waals surface area contributed by atoms with Gasteiger partial charge in [-0.1, -0.05) is 128 Å². The molecular weight excluding hydrogens is 554 g/mol. The third-order valence-electron chi connectivity index (χ3n) is 7.55. The van der Waals surface area contributed by atoms with Crippen molar-refractivity contribution in [1.29, 1.82) is 0 Å². The Kier molecular flexibility index (Phi) is 12.5. The molecule has 6 atom stereocenters. The van der Waals surface area contributed by atoms with Gasteiger partial charge < -0.3 is 34.2 Å². The molecule has 1 heterocycles. The molecule has 1 aliphatic heterocycles. The predicted octanol–water partition coefficient (Wildman–Crippen LogP) is 6.40. The Morgan fingerprint density at radius 3 is 1.43 bits per heavy atom. The first-order valence-electron chi connectivity index (χ1n) is 15.3. The molecule has 0 aliphatic carbocycles. The molecule has 7 heteroatoms. The van der Waals surface area contributed by atoms with Crippen LogP contribution < -0.4 is 5.73 Å². The molecule has 1 aliphatic rings. The highest BCUT2D eigenvalue weighted by Gasteiger charge is 2.49. The quantitative estimate of drug-likeness (QED) is 0.150. The average molecular weight is 598 g/mol. The minimum absolute atomic E-state index is 0.270. The van der Waals surface area contributed by atoms with E-state index in [1.165, 1.54) is 0 Å². The second-order valence-electron chi connectivity index (χ2n) is 10.9. The first kappa shape index (κ1) is 32.0. The second-order valence-corrected chi connectivity index (χ2v) is 10.9. The molecule has 232 valence electrons. The smallest absolute Gasteiger partial charge is 0.188 e. The first-order chi connectivity index (χ1) is 21.7. The maximum absolute atomic E-state index is 6.71. The summed E-state index contributed by atoms with van der Waals surface area (Å²) in [6.07, 6.45) is -2.91. The molecule has 1 saturated heterocycles. The lowest BCUT2D eigenvalue weighted by atomic mass is 9.97. The van der Waals surface area contributed by atoms with Gasteiger partial charge in [0, 0.05) is 0 Å². The van der Waals surface area contributed by atoms with Gasteiger partial charge in [0.25, 0.3) is 0 Å². The summed E-state index contributed by atoms with van der Waals surface area (Å²) in [6, 6.07) is 40.3. The van der Waals surface area contributed by atoms with Crippen molar-refractivity contribution in [3.8, 4) is 0 Å². The van der Waals surface area contributed by atoms with E-state index >= 15 is 0 Å². The Bertz CT molecular complexity index is 1330. The van der Waals surface area contributed by atoms with Gasteiger partial charge in [-0.2, -0.15) is 0 Å². The van der Waals surface area contributed by atoms with Crippen LogP contribution in [0.5, 0.6) is 0 Å². The lowest BCUT2D eigenvalue weighted by molar-refractivity contribution is -0.336. The van der Waals surface area contributed by atoms with Crippen LogP contribution in [0.25, 0.3) is 0 Å². The summed E-state index contributed by atoms with van der Waals surface area (Å²) in [6.45, 7) is 3.78. The van der Waals surface area contributed by atoms with Crippen LogP contribution in [-0.4, -0.2) is 43.5 Å². The fraction of sp³-hybridized carbons (Fsp3) is 0.351. The van der Waals surface area contributed by atoms with E-state index in [0.717, 1.165) is 22.3 Å². The fourth-order valence-corrected chi connectivity index (χ4v) is 5.13. The van der Waals surface area contributed by atoms with E-state index in [1.54, 1.807) is 0 Å². The summed E-state index contributed by atoms with van der Waals surface area (Å²) in [7, 11) is 0. The number of ether oxygens (including phenoxy) is 6. The lowest BCUT2D eigenvalue weighted by Crippen LogP contribution is -2.62. The van der Waals surface area contributed by atoms with Crippen LogP contribution in [0.4, 0.5) is 0 Å². The highest BCUT2D eigenvalue weighted by atomic mass is 16.7. The highest BCUT2D eigenvalue weighted by Crippen LogP contribution is 2.32. The summed E-state index contributed by atoms with van der Waals surface area (Å²) >= 11 is 0. The van der Waals surface area contributed by atoms with Crippen molar-refractivity contribution in [3.63, 3.8) is 0 Å². The van der Waals surface area contributed by atoms with Crippen molar-refractivity contribution in [3.05, 3.63) is 144 Å². The van der Waals surface area contributed by atoms with Crippen LogP contribution in [0, 0.1) is 0 Å². The van der Waals surface area contributed by atoms with E-state index in [0.29, 0.717) is 32.8 Å². The normalized spacial score (nSPS) is 22.5. The molecule has 0 amide bonds. The van der Waals surface area contributed by atoms with E-state index in [1.807, 2.05) is 128 Å². The van der Waals surface area contributed by atoms with E-state index in [4.69, 9.17) is 34.2 Å². The molecule has 2 unspecified atom stereocenters. The molecule has 7 nitrogen and oxygen atoms in total. The van der Waals surface area contributed by atoms with Crippen molar-refractivity contribution in [2.24, 2.45) is 5.73 Å². The molecular formula is C37H43NO6. The molecule has 4 aromatic rings. The highest BCUT2D eigenvalue weighted by molar-refractivity contribution is 5.16. The topological polar surface area (TPSA) is 81.4 Å². The molecule has 1 fully saturated rings. The maximum atomic E-state index is 6.71. The zero-order chi connectivity index (χ0) is 30.4. The van der Waals surface area contributed by atoms with Gasteiger partial charge in [0.05, 0.1) is 33.0 Å². The van der Waals surface area contributed by atoms with E-state index in [9.17, 15) is 0 Å². The van der Waals surface area contributed by atoms with E-state index < -0.39 is 36.9 Å². The van der Waals surface area contributed by atoms with Crippen molar-refractivity contribution in [2.75, 3.05) is 6.61 Å². The molecule has 0 spiro atoms. The Hall–Kier alpha value is -3.40. The number of benzene rings is 4. The fourth-order valence-electron chi connectivity index (χ4n) is 5.13. The summed E-state index contributed by atoms with van der Waals surface area (Å²) in [5.41, 5.74) is 10.5. The Morgan fingerprint density at radius 1 is 0.568 bits per heavy atom. The number of nitrogens with two attached hydrogens (primary N) is 1. The molecule has 0 bridgehead atoms. The SMILES string of the molecule is CCC(N)OC1O[C@H](COCc2ccccc2)[C@H](OCc2ccccc2)[C@H](OCc2ccccc2)[C@H]1OCc1ccccc1. The summed E-state index contributed by atoms with van der Waals surface area (Å²) in [5.74, 6) is 0.